The van der Waals surface area contributed by atoms with E-state index in [1.807, 2.05) is 111 Å². The molecular weight excluding hydrogens is 1640 g/mol. The van der Waals surface area contributed by atoms with Crippen LogP contribution in [0, 0.1) is 46.5 Å². The number of aromatic nitrogens is 4. The number of rotatable bonds is 6. The van der Waals surface area contributed by atoms with Crippen LogP contribution in [-0.2, 0) is 50.3 Å². The standard InChI is InChI=1S/C16H14ClF2N3O2.C12H24B2O4.2C12H14BClF2O2.C10H12BrN3O2.C6H2BrClF2.4CH4/c17-10-8-11(18)9(7-12(10)19)13-14(15(23)21-3-1-4-21)20-22-5-2-6-24-16(13)22;1-9(2)10(3,4)16-13(15-9)14-17-11(5,6)12(7,8)18-14;2*1-11(2)12(3,4)18-13(17-11)7-5-10(16)8(14)6-9(7)15;11-7-8(9(15)13-3-1-4-13)12-14-5-2-6-16-10(7)14;7-3-1-6(10)4(8)2-5(3)9;;;;/h7-8H,1-6H2;1-8H3;2*5-6H,1-4H3;1-6H2;1-2H;4*1H4. The SMILES string of the molecule is C.C.C.C.CC1(C)OB(B2OC(C)(C)C(C)(C)O2)OC1(C)C.CC1(C)OB(c2cc(F)c(Cl)cc2F)OC1(C)C.CC1(C)OB(c2cc(F)c(Cl)cc2F)OC1(C)C.Fc1cc(Br)c(F)cc1Cl.O=C(c1nn2c(c1-c1cc(F)c(Cl)cc1F)OCCC2)N1CCC1.O=C(c1nn2c(c1Br)OCCC2)N1CCC1. The van der Waals surface area contributed by atoms with Crippen LogP contribution in [0.15, 0.2) is 57.5 Å². The van der Waals surface area contributed by atoms with E-state index in [4.69, 9.17) is 93.1 Å². The van der Waals surface area contributed by atoms with Crippen LogP contribution in [0.3, 0.4) is 0 Å². The van der Waals surface area contributed by atoms with Gasteiger partial charge in [-0.3, -0.25) is 9.59 Å². The Hall–Kier alpha value is -4.66. The zero-order chi connectivity index (χ0) is 77.1. The highest BCUT2D eigenvalue weighted by molar-refractivity contribution is 9.11. The van der Waals surface area contributed by atoms with Crippen molar-refractivity contribution in [2.75, 3.05) is 39.4 Å². The Kier molecular flexibility index (Phi) is 31.1. The van der Waals surface area contributed by atoms with Crippen LogP contribution >= 0.6 is 78.3 Å². The van der Waals surface area contributed by atoms with Gasteiger partial charge < -0.3 is 56.5 Å². The molecule has 18 nitrogen and oxygen atoms in total. The number of hydrogen-bond acceptors (Lipinski definition) is 14. The average Bonchev–Trinajstić information content (AvgIpc) is 1.62. The van der Waals surface area contributed by atoms with Crippen molar-refractivity contribution in [3.63, 3.8) is 0 Å². The number of carbonyl (C=O) groups excluding carboxylic acids is 2. The molecule has 4 aromatic carbocycles. The molecule has 10 heterocycles. The summed E-state index contributed by atoms with van der Waals surface area (Å²) in [6.07, 6.45) is 3.70. The molecule has 0 bridgehead atoms. The van der Waals surface area contributed by atoms with Crippen molar-refractivity contribution in [3.8, 4) is 22.9 Å². The van der Waals surface area contributed by atoms with Crippen LogP contribution < -0.4 is 20.4 Å². The number of halogens is 14. The van der Waals surface area contributed by atoms with Gasteiger partial charge in [-0.1, -0.05) is 76.1 Å². The predicted molar refractivity (Wildman–Crippen MR) is 416 cm³/mol. The second kappa shape index (κ2) is 35.8. The van der Waals surface area contributed by atoms with Crippen LogP contribution in [0.1, 0.15) is 187 Å². The van der Waals surface area contributed by atoms with E-state index >= 15 is 0 Å². The van der Waals surface area contributed by atoms with Gasteiger partial charge in [-0.25, -0.2) is 44.5 Å². The van der Waals surface area contributed by atoms with Gasteiger partial charge in [0.05, 0.1) is 88.1 Å². The van der Waals surface area contributed by atoms with Gasteiger partial charge in [-0.05, 0) is 204 Å². The van der Waals surface area contributed by atoms with Gasteiger partial charge in [0, 0.05) is 68.6 Å². The number of hydrogen-bond donors (Lipinski definition) is 0. The van der Waals surface area contributed by atoms with E-state index in [0.29, 0.717) is 54.8 Å². The molecule has 8 aliphatic heterocycles. The first-order chi connectivity index (χ1) is 48.1. The zero-order valence-corrected chi connectivity index (χ0v) is 66.5. The highest BCUT2D eigenvalue weighted by atomic mass is 79.9. The first-order valence-electron chi connectivity index (χ1n) is 33.5. The van der Waals surface area contributed by atoms with Gasteiger partial charge in [0.2, 0.25) is 11.8 Å². The average molecular weight is 1730 g/mol. The molecule has 14 rings (SSSR count). The lowest BCUT2D eigenvalue weighted by Gasteiger charge is -2.32. The van der Waals surface area contributed by atoms with E-state index in [1.54, 1.807) is 14.5 Å². The zero-order valence-electron chi connectivity index (χ0n) is 60.3. The number of ether oxygens (including phenoxy) is 2. The third-order valence-corrected chi connectivity index (χ3v) is 22.5. The van der Waals surface area contributed by atoms with Crippen LogP contribution in [0.2, 0.25) is 20.1 Å². The Balaban J connectivity index is 0.000000234. The molecule has 2 amide bonds. The summed E-state index contributed by atoms with van der Waals surface area (Å²) in [6, 6.07) is 7.67. The molecule has 0 saturated carbocycles. The summed E-state index contributed by atoms with van der Waals surface area (Å²) in [5.41, 5.74) is -3.08. The monoisotopic (exact) mass is 1730 g/mol. The van der Waals surface area contributed by atoms with Crippen LogP contribution in [-0.4, -0.2) is 154 Å². The van der Waals surface area contributed by atoms with Gasteiger partial charge in [0.1, 0.15) is 51.0 Å². The third-order valence-electron chi connectivity index (χ3n) is 20.1. The van der Waals surface area contributed by atoms with Crippen molar-refractivity contribution in [2.24, 2.45) is 0 Å². The summed E-state index contributed by atoms with van der Waals surface area (Å²) in [4.78, 5) is 28.1. The lowest BCUT2D eigenvalue weighted by atomic mass is 9.49. The fraction of sp³-hybridized carbons (Fsp3) is 0.556. The molecule has 6 fully saturated rings. The number of likely N-dealkylation sites (tertiary alicyclic amines) is 2. The van der Waals surface area contributed by atoms with E-state index in [9.17, 15) is 44.7 Å². The number of aryl methyl sites for hydroxylation is 2. The highest BCUT2D eigenvalue weighted by Crippen LogP contribution is 2.45. The molecule has 2 aromatic heterocycles. The van der Waals surface area contributed by atoms with Gasteiger partial charge >= 0.3 is 28.3 Å². The lowest BCUT2D eigenvalue weighted by Crippen LogP contribution is -2.42. The number of nitrogens with zero attached hydrogens (tertiary/aromatic N) is 6. The minimum Gasteiger partial charge on any atom is -0.477 e. The first kappa shape index (κ1) is 93.9. The quantitative estimate of drug-likeness (QED) is 0.0877. The molecule has 8 aliphatic rings. The van der Waals surface area contributed by atoms with Crippen molar-refractivity contribution >= 4 is 129 Å². The largest absolute Gasteiger partial charge is 0.497 e. The molecular formula is C72H96B4Br2Cl4F8N6O12. The second-order valence-corrected chi connectivity index (χ2v) is 32.8. The molecule has 6 aromatic rings. The molecule has 6 saturated heterocycles. The van der Waals surface area contributed by atoms with Crippen molar-refractivity contribution < 1.29 is 91.4 Å². The Labute approximate surface area is 667 Å². The summed E-state index contributed by atoms with van der Waals surface area (Å²) in [7, 11) is -2.81. The molecule has 0 N–H and O–H groups in total. The van der Waals surface area contributed by atoms with Crippen molar-refractivity contribution in [3.05, 3.63) is 135 Å². The predicted octanol–water partition coefficient (Wildman–Crippen LogP) is 18.4. The number of benzene rings is 4. The maximum absolute atomic E-state index is 14.4. The molecule has 0 atom stereocenters. The fourth-order valence-electron chi connectivity index (χ4n) is 10.7. The Morgan fingerprint density at radius 1 is 0.389 bits per heavy atom. The third kappa shape index (κ3) is 20.1. The Morgan fingerprint density at radius 3 is 1.05 bits per heavy atom. The normalized spacial score (nSPS) is 19.8. The minimum atomic E-state index is -0.929. The van der Waals surface area contributed by atoms with Crippen molar-refractivity contribution in [1.82, 2.24) is 29.4 Å². The van der Waals surface area contributed by atoms with Gasteiger partial charge in [0.15, 0.2) is 11.4 Å². The van der Waals surface area contributed by atoms with Gasteiger partial charge in [-0.2, -0.15) is 10.2 Å². The van der Waals surface area contributed by atoms with Crippen LogP contribution in [0.4, 0.5) is 35.1 Å². The minimum absolute atomic E-state index is 0. The molecule has 0 aliphatic carbocycles. The van der Waals surface area contributed by atoms with Crippen LogP contribution in [0.5, 0.6) is 11.8 Å². The Bertz CT molecular complexity index is 3980. The maximum atomic E-state index is 14.4. The van der Waals surface area contributed by atoms with E-state index in [1.165, 1.54) is 4.68 Å². The summed E-state index contributed by atoms with van der Waals surface area (Å²) in [5, 5.41) is 7.58. The van der Waals surface area contributed by atoms with Crippen molar-refractivity contribution in [1.29, 1.82) is 0 Å². The van der Waals surface area contributed by atoms with Gasteiger partial charge in [-0.15, -0.1) is 0 Å². The van der Waals surface area contributed by atoms with E-state index in [0.717, 1.165) is 93.8 Å². The molecule has 596 valence electrons. The van der Waals surface area contributed by atoms with Crippen molar-refractivity contribution in [2.45, 2.75) is 224 Å². The summed E-state index contributed by atoms with van der Waals surface area (Å²) >= 11 is 28.1. The summed E-state index contributed by atoms with van der Waals surface area (Å²) < 4.78 is 169. The van der Waals surface area contributed by atoms with E-state index in [-0.39, 0.29) is 116 Å². The first-order valence-corrected chi connectivity index (χ1v) is 36.6. The summed E-state index contributed by atoms with van der Waals surface area (Å²) in [6.45, 7) is 36.4. The number of carbonyl (C=O) groups is 2. The smallest absolute Gasteiger partial charge is 0.477 e. The van der Waals surface area contributed by atoms with E-state index in [2.05, 4.69) is 42.1 Å². The maximum Gasteiger partial charge on any atom is 0.497 e. The Morgan fingerprint density at radius 2 is 0.694 bits per heavy atom. The topological polar surface area (TPSA) is 169 Å². The summed E-state index contributed by atoms with van der Waals surface area (Å²) in [5.74, 6) is -4.64. The van der Waals surface area contributed by atoms with E-state index < -0.39 is 97.2 Å². The fourth-order valence-corrected chi connectivity index (χ4v) is 12.2. The van der Waals surface area contributed by atoms with Gasteiger partial charge in [0.25, 0.3) is 11.8 Å². The highest BCUT2D eigenvalue weighted by Gasteiger charge is 2.64. The molecule has 0 spiro atoms. The second-order valence-electron chi connectivity index (χ2n) is 29.6. The molecule has 0 radical (unpaired) electrons. The molecule has 108 heavy (non-hydrogen) atoms. The number of fused-ring (bicyclic) bond motifs is 2. The molecule has 0 unspecified atom stereocenters. The molecule has 36 heteroatoms. The van der Waals surface area contributed by atoms with Crippen LogP contribution in [0.25, 0.3) is 11.1 Å². The number of amides is 2. The lowest BCUT2D eigenvalue weighted by molar-refractivity contribution is 0.00578.